The second-order valence-electron chi connectivity index (χ2n) is 4.97. The zero-order chi connectivity index (χ0) is 18.0. The van der Waals surface area contributed by atoms with Crippen LogP contribution in [0.2, 0.25) is 0 Å². The van der Waals surface area contributed by atoms with Gasteiger partial charge in [-0.3, -0.25) is 15.5 Å². The molecule has 25 heavy (non-hydrogen) atoms. The summed E-state index contributed by atoms with van der Waals surface area (Å²) in [7, 11) is 0. The third-order valence-electron chi connectivity index (χ3n) is 3.33. The van der Waals surface area contributed by atoms with E-state index in [4.69, 9.17) is 9.47 Å². The van der Waals surface area contributed by atoms with E-state index in [2.05, 4.69) is 10.5 Å². The van der Waals surface area contributed by atoms with E-state index in [9.17, 15) is 23.3 Å². The van der Waals surface area contributed by atoms with Gasteiger partial charge < -0.3 is 9.47 Å². The number of nitro benzene ring substituents is 1. The van der Waals surface area contributed by atoms with Gasteiger partial charge in [0, 0.05) is 0 Å². The Balaban J connectivity index is 1.77. The maximum Gasteiger partial charge on any atom is 0.416 e. The number of hydrogen-bond acceptors (Lipinski definition) is 6. The molecule has 0 aliphatic carbocycles. The normalized spacial score (nSPS) is 13.2. The first-order valence-corrected chi connectivity index (χ1v) is 6.89. The zero-order valence-corrected chi connectivity index (χ0v) is 12.4. The van der Waals surface area contributed by atoms with Crippen LogP contribution in [0.1, 0.15) is 11.1 Å². The Hall–Kier alpha value is -3.30. The lowest BCUT2D eigenvalue weighted by molar-refractivity contribution is -0.385. The number of anilines is 1. The van der Waals surface area contributed by atoms with Gasteiger partial charge in [-0.25, -0.2) is 0 Å². The molecule has 7 nitrogen and oxygen atoms in total. The van der Waals surface area contributed by atoms with Gasteiger partial charge in [-0.1, -0.05) is 0 Å². The lowest BCUT2D eigenvalue weighted by Gasteiger charge is -2.07. The fraction of sp³-hybridized carbons (Fsp3) is 0.133. The molecule has 0 saturated carbocycles. The minimum Gasteiger partial charge on any atom is -0.454 e. The van der Waals surface area contributed by atoms with Crippen molar-refractivity contribution >= 4 is 17.6 Å². The molecule has 0 amide bonds. The van der Waals surface area contributed by atoms with Crippen molar-refractivity contribution in [2.45, 2.75) is 6.18 Å². The average Bonchev–Trinajstić information content (AvgIpc) is 3.01. The summed E-state index contributed by atoms with van der Waals surface area (Å²) >= 11 is 0. The van der Waals surface area contributed by atoms with Crippen molar-refractivity contribution in [3.63, 3.8) is 0 Å². The standard InChI is InChI=1S/C15H10F3N3O4/c16-15(17,18)10-1-3-11(4-2-10)20-19-7-9-5-13-14(25-8-24-13)6-12(9)21(22)23/h1-7,20H,8H2/b19-7-. The molecular weight excluding hydrogens is 343 g/mol. The second-order valence-corrected chi connectivity index (χ2v) is 4.97. The number of rotatable bonds is 4. The second kappa shape index (κ2) is 6.30. The van der Waals surface area contributed by atoms with E-state index in [0.717, 1.165) is 12.1 Å². The van der Waals surface area contributed by atoms with Gasteiger partial charge >= 0.3 is 6.18 Å². The molecule has 0 radical (unpaired) electrons. The highest BCUT2D eigenvalue weighted by molar-refractivity contribution is 5.87. The van der Waals surface area contributed by atoms with Gasteiger partial charge in [0.15, 0.2) is 11.5 Å². The first-order chi connectivity index (χ1) is 11.8. The Bertz CT molecular complexity index is 835. The van der Waals surface area contributed by atoms with Crippen molar-refractivity contribution < 1.29 is 27.6 Å². The Labute approximate surface area is 138 Å². The van der Waals surface area contributed by atoms with E-state index in [1.807, 2.05) is 0 Å². The van der Waals surface area contributed by atoms with Crippen molar-refractivity contribution in [1.82, 2.24) is 0 Å². The van der Waals surface area contributed by atoms with Crippen LogP contribution in [0, 0.1) is 10.1 Å². The van der Waals surface area contributed by atoms with Gasteiger partial charge in [0.2, 0.25) is 6.79 Å². The largest absolute Gasteiger partial charge is 0.454 e. The number of hydrazone groups is 1. The van der Waals surface area contributed by atoms with Gasteiger partial charge in [0.1, 0.15) is 0 Å². The molecule has 0 saturated heterocycles. The maximum absolute atomic E-state index is 12.5. The number of halogens is 3. The van der Waals surface area contributed by atoms with E-state index >= 15 is 0 Å². The summed E-state index contributed by atoms with van der Waals surface area (Å²) in [4.78, 5) is 10.5. The highest BCUT2D eigenvalue weighted by Crippen LogP contribution is 2.37. The summed E-state index contributed by atoms with van der Waals surface area (Å²) in [6, 6.07) is 6.84. The molecule has 0 spiro atoms. The van der Waals surface area contributed by atoms with E-state index in [1.165, 1.54) is 30.5 Å². The molecule has 0 bridgehead atoms. The molecule has 0 fully saturated rings. The van der Waals surface area contributed by atoms with Crippen LogP contribution in [-0.2, 0) is 6.18 Å². The van der Waals surface area contributed by atoms with Crippen LogP contribution in [0.4, 0.5) is 24.5 Å². The number of hydrogen-bond donors (Lipinski definition) is 1. The molecule has 1 N–H and O–H groups in total. The van der Waals surface area contributed by atoms with Gasteiger partial charge in [-0.05, 0) is 30.3 Å². The topological polar surface area (TPSA) is 86.0 Å². The lowest BCUT2D eigenvalue weighted by atomic mass is 10.1. The van der Waals surface area contributed by atoms with Crippen molar-refractivity contribution in [3.05, 3.63) is 57.6 Å². The van der Waals surface area contributed by atoms with Gasteiger partial charge in [-0.2, -0.15) is 18.3 Å². The molecule has 2 aromatic rings. The SMILES string of the molecule is O=[N+]([O-])c1cc2c(cc1/C=N\Nc1ccc(C(F)(F)F)cc1)OCO2. The molecule has 1 aliphatic heterocycles. The molecule has 2 aromatic carbocycles. The van der Waals surface area contributed by atoms with E-state index in [0.29, 0.717) is 11.4 Å². The summed E-state index contributed by atoms with van der Waals surface area (Å²) < 4.78 is 47.7. The van der Waals surface area contributed by atoms with Gasteiger partial charge in [0.25, 0.3) is 5.69 Å². The quantitative estimate of drug-likeness (QED) is 0.513. The third kappa shape index (κ3) is 3.62. The number of alkyl halides is 3. The number of nitro groups is 1. The molecule has 3 rings (SSSR count). The minimum absolute atomic E-state index is 0.0309. The predicted molar refractivity (Wildman–Crippen MR) is 81.9 cm³/mol. The third-order valence-corrected chi connectivity index (χ3v) is 3.33. The number of ether oxygens (including phenoxy) is 2. The number of nitrogens with zero attached hydrogens (tertiary/aromatic N) is 2. The Kier molecular flexibility index (Phi) is 4.17. The molecule has 1 heterocycles. The van der Waals surface area contributed by atoms with Crippen LogP contribution >= 0.6 is 0 Å². The van der Waals surface area contributed by atoms with Gasteiger partial charge in [-0.15, -0.1) is 0 Å². The van der Waals surface area contributed by atoms with Crippen LogP contribution in [0.15, 0.2) is 41.5 Å². The first-order valence-electron chi connectivity index (χ1n) is 6.89. The fourth-order valence-corrected chi connectivity index (χ4v) is 2.12. The summed E-state index contributed by atoms with van der Waals surface area (Å²) in [6.07, 6.45) is -3.24. The van der Waals surface area contributed by atoms with Crippen molar-refractivity contribution in [3.8, 4) is 11.5 Å². The highest BCUT2D eigenvalue weighted by atomic mass is 19.4. The first kappa shape index (κ1) is 16.6. The van der Waals surface area contributed by atoms with Crippen molar-refractivity contribution in [2.75, 3.05) is 12.2 Å². The monoisotopic (exact) mass is 353 g/mol. The molecule has 10 heteroatoms. The molecule has 0 unspecified atom stereocenters. The summed E-state index contributed by atoms with van der Waals surface area (Å²) in [5.74, 6) is 0.612. The maximum atomic E-state index is 12.5. The summed E-state index contributed by atoms with van der Waals surface area (Å²) in [5, 5.41) is 14.9. The van der Waals surface area contributed by atoms with Crippen LogP contribution in [-0.4, -0.2) is 17.9 Å². The predicted octanol–water partition coefficient (Wildman–Crippen LogP) is 3.79. The molecule has 1 aliphatic rings. The Morgan fingerprint density at radius 2 is 1.80 bits per heavy atom. The van der Waals surface area contributed by atoms with Gasteiger partial charge in [0.05, 0.1) is 34.0 Å². The van der Waals surface area contributed by atoms with Crippen LogP contribution in [0.25, 0.3) is 0 Å². The number of benzene rings is 2. The van der Waals surface area contributed by atoms with Crippen LogP contribution in [0.5, 0.6) is 11.5 Å². The molecular formula is C15H10F3N3O4. The number of fused-ring (bicyclic) bond motifs is 1. The fourth-order valence-electron chi connectivity index (χ4n) is 2.12. The van der Waals surface area contributed by atoms with Crippen LogP contribution < -0.4 is 14.9 Å². The lowest BCUT2D eigenvalue weighted by Crippen LogP contribution is -2.04. The van der Waals surface area contributed by atoms with Crippen molar-refractivity contribution in [1.29, 1.82) is 0 Å². The zero-order valence-electron chi connectivity index (χ0n) is 12.4. The average molecular weight is 353 g/mol. The summed E-state index contributed by atoms with van der Waals surface area (Å²) in [5.41, 5.74) is 1.95. The minimum atomic E-state index is -4.42. The molecule has 130 valence electrons. The van der Waals surface area contributed by atoms with Crippen molar-refractivity contribution in [2.24, 2.45) is 5.10 Å². The Morgan fingerprint density at radius 1 is 1.16 bits per heavy atom. The van der Waals surface area contributed by atoms with E-state index in [-0.39, 0.29) is 23.8 Å². The van der Waals surface area contributed by atoms with Crippen LogP contribution in [0.3, 0.4) is 0 Å². The molecule has 0 atom stereocenters. The summed E-state index contributed by atoms with van der Waals surface area (Å²) in [6.45, 7) is -0.0309. The Morgan fingerprint density at radius 3 is 2.40 bits per heavy atom. The van der Waals surface area contributed by atoms with E-state index < -0.39 is 16.7 Å². The van der Waals surface area contributed by atoms with E-state index in [1.54, 1.807) is 0 Å². The smallest absolute Gasteiger partial charge is 0.416 e. The highest BCUT2D eigenvalue weighted by Gasteiger charge is 2.29. The molecule has 0 aromatic heterocycles. The number of nitrogens with one attached hydrogen (secondary N) is 1.